The Morgan fingerprint density at radius 2 is 2.50 bits per heavy atom. The largest absolute Gasteiger partial charge is 0.377 e. The summed E-state index contributed by atoms with van der Waals surface area (Å²) in [5.41, 5.74) is 0. The van der Waals surface area contributed by atoms with E-state index >= 15 is 0 Å². The summed E-state index contributed by atoms with van der Waals surface area (Å²) < 4.78 is 0. The Balaban J connectivity index is 3.04. The van der Waals surface area contributed by atoms with Crippen LogP contribution in [0.15, 0.2) is 0 Å². The fraction of sp³-hybridized carbons (Fsp3) is 0.667. The standard InChI is InChI=1S/C3H4BrNO/c4-1-3(6)2-5/h3,6H,1H2/t3-/m1/s1. The first kappa shape index (κ1) is 5.93. The van der Waals surface area contributed by atoms with Gasteiger partial charge >= 0.3 is 0 Å². The zero-order valence-corrected chi connectivity index (χ0v) is 4.64. The Morgan fingerprint density at radius 1 is 2.00 bits per heavy atom. The van der Waals surface area contributed by atoms with Crippen LogP contribution in [0, 0.1) is 11.3 Å². The number of nitrogens with zero attached hydrogens (tertiary/aromatic N) is 1. The smallest absolute Gasteiger partial charge is 0.150 e. The monoisotopic (exact) mass is 149 g/mol. The first-order valence-electron chi connectivity index (χ1n) is 1.45. The van der Waals surface area contributed by atoms with Crippen LogP contribution in [-0.2, 0) is 0 Å². The Bertz CT molecular complexity index is 67.7. The summed E-state index contributed by atoms with van der Waals surface area (Å²) >= 11 is 2.90. The van der Waals surface area contributed by atoms with Crippen LogP contribution in [0.2, 0.25) is 0 Å². The fourth-order valence-electron chi connectivity index (χ4n) is 0.0345. The zero-order valence-electron chi connectivity index (χ0n) is 3.06. The van der Waals surface area contributed by atoms with Gasteiger partial charge in [0, 0.05) is 5.33 Å². The topological polar surface area (TPSA) is 44.0 Å². The van der Waals surface area contributed by atoms with Crippen molar-refractivity contribution in [3.8, 4) is 6.07 Å². The van der Waals surface area contributed by atoms with Crippen LogP contribution in [0.4, 0.5) is 0 Å². The van der Waals surface area contributed by atoms with E-state index in [1.165, 1.54) is 0 Å². The van der Waals surface area contributed by atoms with E-state index in [0.29, 0.717) is 5.33 Å². The number of nitriles is 1. The summed E-state index contributed by atoms with van der Waals surface area (Å²) in [7, 11) is 0. The van der Waals surface area contributed by atoms with Crippen LogP contribution in [0.3, 0.4) is 0 Å². The highest BCUT2D eigenvalue weighted by Crippen LogP contribution is 1.84. The Kier molecular flexibility index (Phi) is 3.10. The van der Waals surface area contributed by atoms with Gasteiger partial charge in [-0.3, -0.25) is 0 Å². The van der Waals surface area contributed by atoms with Crippen molar-refractivity contribution < 1.29 is 5.11 Å². The number of rotatable bonds is 1. The van der Waals surface area contributed by atoms with Gasteiger partial charge in [0.25, 0.3) is 0 Å². The molecule has 0 amide bonds. The lowest BCUT2D eigenvalue weighted by atomic mass is 10.5. The predicted molar refractivity (Wildman–Crippen MR) is 25.4 cm³/mol. The van der Waals surface area contributed by atoms with E-state index in [2.05, 4.69) is 15.9 Å². The molecule has 0 bridgehead atoms. The van der Waals surface area contributed by atoms with E-state index in [1.807, 2.05) is 0 Å². The fourth-order valence-corrected chi connectivity index (χ4v) is 0.179. The minimum Gasteiger partial charge on any atom is -0.377 e. The highest BCUT2D eigenvalue weighted by Gasteiger charge is 1.92. The van der Waals surface area contributed by atoms with Gasteiger partial charge in [0.1, 0.15) is 6.10 Å². The Morgan fingerprint density at radius 3 is 2.50 bits per heavy atom. The molecular formula is C3H4BrNO. The molecule has 2 nitrogen and oxygen atoms in total. The van der Waals surface area contributed by atoms with Crippen LogP contribution in [0.5, 0.6) is 0 Å². The summed E-state index contributed by atoms with van der Waals surface area (Å²) in [5.74, 6) is 0. The van der Waals surface area contributed by atoms with Crippen molar-refractivity contribution in [1.29, 1.82) is 5.26 Å². The van der Waals surface area contributed by atoms with Crippen molar-refractivity contribution in [2.75, 3.05) is 5.33 Å². The van der Waals surface area contributed by atoms with Crippen molar-refractivity contribution in [3.05, 3.63) is 0 Å². The van der Waals surface area contributed by atoms with Crippen LogP contribution < -0.4 is 0 Å². The molecule has 0 unspecified atom stereocenters. The van der Waals surface area contributed by atoms with Crippen molar-refractivity contribution in [3.63, 3.8) is 0 Å². The minimum absolute atomic E-state index is 0.337. The molecular weight excluding hydrogens is 146 g/mol. The molecule has 0 aromatic rings. The molecule has 1 N–H and O–H groups in total. The minimum atomic E-state index is -0.843. The maximum atomic E-state index is 8.26. The highest BCUT2D eigenvalue weighted by atomic mass is 79.9. The third kappa shape index (κ3) is 2.18. The SMILES string of the molecule is N#C[C@H](O)CBr. The molecule has 0 fully saturated rings. The summed E-state index contributed by atoms with van der Waals surface area (Å²) in [4.78, 5) is 0. The number of halogens is 1. The predicted octanol–water partition coefficient (Wildman–Crippen LogP) is 0.266. The second kappa shape index (κ2) is 3.13. The second-order valence-corrected chi connectivity index (χ2v) is 1.45. The molecule has 0 aromatic carbocycles. The second-order valence-electron chi connectivity index (χ2n) is 0.799. The maximum absolute atomic E-state index is 8.26. The number of alkyl halides is 1. The van der Waals surface area contributed by atoms with E-state index in [4.69, 9.17) is 10.4 Å². The molecule has 1 atom stereocenters. The average Bonchev–Trinajstić information content (AvgIpc) is 1.65. The molecule has 0 rings (SSSR count). The number of aliphatic hydroxyl groups is 1. The van der Waals surface area contributed by atoms with Crippen LogP contribution in [-0.4, -0.2) is 16.5 Å². The molecule has 0 spiro atoms. The van der Waals surface area contributed by atoms with Crippen molar-refractivity contribution in [1.82, 2.24) is 0 Å². The van der Waals surface area contributed by atoms with E-state index < -0.39 is 6.10 Å². The quantitative estimate of drug-likeness (QED) is 0.430. The van der Waals surface area contributed by atoms with Gasteiger partial charge in [-0.1, -0.05) is 15.9 Å². The van der Waals surface area contributed by atoms with Gasteiger partial charge in [-0.15, -0.1) is 0 Å². The van der Waals surface area contributed by atoms with Gasteiger partial charge in [0.2, 0.25) is 0 Å². The van der Waals surface area contributed by atoms with Crippen molar-refractivity contribution >= 4 is 15.9 Å². The number of hydrogen-bond donors (Lipinski definition) is 1. The van der Waals surface area contributed by atoms with Gasteiger partial charge in [-0.05, 0) is 0 Å². The summed E-state index contributed by atoms with van der Waals surface area (Å²) in [5, 5.41) is 16.4. The lowest BCUT2D eigenvalue weighted by molar-refractivity contribution is 0.257. The van der Waals surface area contributed by atoms with Gasteiger partial charge in [0.15, 0.2) is 0 Å². The lowest BCUT2D eigenvalue weighted by Gasteiger charge is -1.85. The third-order valence-electron chi connectivity index (χ3n) is 0.295. The molecule has 0 aromatic heterocycles. The average molecular weight is 150 g/mol. The molecule has 3 heteroatoms. The van der Waals surface area contributed by atoms with Gasteiger partial charge in [-0.25, -0.2) is 0 Å². The van der Waals surface area contributed by atoms with Crippen molar-refractivity contribution in [2.45, 2.75) is 6.10 Å². The molecule has 0 saturated heterocycles. The maximum Gasteiger partial charge on any atom is 0.150 e. The summed E-state index contributed by atoms with van der Waals surface area (Å²) in [6.07, 6.45) is -0.843. The molecule has 0 heterocycles. The normalized spacial score (nSPS) is 12.8. The van der Waals surface area contributed by atoms with Crippen molar-refractivity contribution in [2.24, 2.45) is 0 Å². The summed E-state index contributed by atoms with van der Waals surface area (Å²) in [6, 6.07) is 1.62. The first-order valence-corrected chi connectivity index (χ1v) is 2.57. The molecule has 34 valence electrons. The Labute approximate surface area is 44.5 Å². The van der Waals surface area contributed by atoms with Crippen LogP contribution in [0.25, 0.3) is 0 Å². The highest BCUT2D eigenvalue weighted by molar-refractivity contribution is 9.09. The van der Waals surface area contributed by atoms with E-state index in [-0.39, 0.29) is 0 Å². The van der Waals surface area contributed by atoms with Crippen LogP contribution in [0.1, 0.15) is 0 Å². The van der Waals surface area contributed by atoms with Crippen LogP contribution >= 0.6 is 15.9 Å². The van der Waals surface area contributed by atoms with E-state index in [9.17, 15) is 0 Å². The summed E-state index contributed by atoms with van der Waals surface area (Å²) in [6.45, 7) is 0. The van der Waals surface area contributed by atoms with Gasteiger partial charge in [-0.2, -0.15) is 5.26 Å². The van der Waals surface area contributed by atoms with Gasteiger partial charge < -0.3 is 5.11 Å². The first-order chi connectivity index (χ1) is 2.81. The molecule has 6 heavy (non-hydrogen) atoms. The molecule has 0 aliphatic rings. The number of hydrogen-bond acceptors (Lipinski definition) is 2. The molecule has 0 radical (unpaired) electrons. The molecule has 0 saturated carbocycles. The van der Waals surface area contributed by atoms with E-state index in [0.717, 1.165) is 0 Å². The lowest BCUT2D eigenvalue weighted by Crippen LogP contribution is -2.01. The van der Waals surface area contributed by atoms with E-state index in [1.54, 1.807) is 6.07 Å². The molecule has 0 aliphatic carbocycles. The number of aliphatic hydroxyl groups excluding tert-OH is 1. The van der Waals surface area contributed by atoms with Gasteiger partial charge in [0.05, 0.1) is 6.07 Å². The third-order valence-corrected chi connectivity index (χ3v) is 0.908. The zero-order chi connectivity index (χ0) is 4.99. The Hall–Kier alpha value is -0.0700. The molecule has 0 aliphatic heterocycles.